The van der Waals surface area contributed by atoms with Crippen LogP contribution in [-0.4, -0.2) is 54.0 Å². The quantitative estimate of drug-likeness (QED) is 0.425. The number of fused-ring (bicyclic) bond motifs is 2. The van der Waals surface area contributed by atoms with Crippen LogP contribution in [-0.2, 0) is 31.4 Å². The second-order valence-corrected chi connectivity index (χ2v) is 10.6. The number of aryl methyl sites for hydroxylation is 1. The van der Waals surface area contributed by atoms with Crippen LogP contribution in [0.25, 0.3) is 21.3 Å². The number of aliphatic hydroxyl groups excluding tert-OH is 1. The van der Waals surface area contributed by atoms with E-state index in [9.17, 15) is 19.5 Å². The highest BCUT2D eigenvalue weighted by molar-refractivity contribution is 7.19. The summed E-state index contributed by atoms with van der Waals surface area (Å²) in [7, 11) is 1.43. The first-order chi connectivity index (χ1) is 17.2. The fraction of sp³-hybridized carbons (Fsp3) is 0.440. The van der Waals surface area contributed by atoms with Gasteiger partial charge in [-0.1, -0.05) is 32.9 Å². The predicted molar refractivity (Wildman–Crippen MR) is 137 cm³/mol. The molecule has 4 aromatic rings. The van der Waals surface area contributed by atoms with Crippen molar-refractivity contribution in [2.45, 2.75) is 46.4 Å². The summed E-state index contributed by atoms with van der Waals surface area (Å²) in [6, 6.07) is 7.78. The molecule has 1 N–H and O–H groups in total. The maximum Gasteiger partial charge on any atom is 0.331 e. The van der Waals surface area contributed by atoms with Crippen LogP contribution in [0.1, 0.15) is 41.8 Å². The molecule has 0 radical (unpaired) electrons. The summed E-state index contributed by atoms with van der Waals surface area (Å²) in [4.78, 5) is 51.5. The Morgan fingerprint density at radius 2 is 2.00 bits per heavy atom. The average molecular weight is 512 g/mol. The first-order valence-corrected chi connectivity index (χ1v) is 12.8. The molecular weight excluding hydrogens is 482 g/mol. The number of aromatic nitrogens is 4. The molecule has 10 nitrogen and oxygen atoms in total. The second kappa shape index (κ2) is 9.30. The van der Waals surface area contributed by atoms with E-state index in [1.165, 1.54) is 18.4 Å². The molecule has 36 heavy (non-hydrogen) atoms. The number of hydroxylamine groups is 2. The van der Waals surface area contributed by atoms with Gasteiger partial charge in [-0.15, -0.1) is 11.3 Å². The van der Waals surface area contributed by atoms with E-state index in [0.717, 1.165) is 26.5 Å². The van der Waals surface area contributed by atoms with Crippen molar-refractivity contribution in [3.8, 4) is 0 Å². The fourth-order valence-electron chi connectivity index (χ4n) is 4.69. The Morgan fingerprint density at radius 3 is 2.67 bits per heavy atom. The maximum atomic E-state index is 13.8. The normalized spacial score (nSPS) is 16.2. The molecular formula is C25H29N5O5S. The molecule has 1 fully saturated rings. The number of thiophene rings is 1. The van der Waals surface area contributed by atoms with E-state index in [1.54, 1.807) is 4.57 Å². The van der Waals surface area contributed by atoms with Crippen molar-refractivity contribution >= 4 is 38.5 Å². The molecule has 1 aromatic carbocycles. The lowest BCUT2D eigenvalue weighted by Crippen LogP contribution is -2.39. The number of β-amino-alcohol motifs (C(OH)–C–C–N with tert-alkyl or cyclic N) is 1. The van der Waals surface area contributed by atoms with Crippen molar-refractivity contribution < 1.29 is 14.7 Å². The average Bonchev–Trinajstić information content (AvgIpc) is 3.55. The van der Waals surface area contributed by atoms with E-state index in [0.29, 0.717) is 29.2 Å². The Kier molecular flexibility index (Phi) is 6.31. The third kappa shape index (κ3) is 3.97. The van der Waals surface area contributed by atoms with Gasteiger partial charge in [-0.3, -0.25) is 23.6 Å². The number of nitrogens with zero attached hydrogens (tertiary/aromatic N) is 5. The second-order valence-electron chi connectivity index (χ2n) is 9.50. The summed E-state index contributed by atoms with van der Waals surface area (Å²) in [6.45, 7) is 6.73. The Labute approximate surface area is 210 Å². The first-order valence-electron chi connectivity index (χ1n) is 12.0. The summed E-state index contributed by atoms with van der Waals surface area (Å²) < 4.78 is 4.69. The third-order valence-electron chi connectivity index (χ3n) is 6.38. The molecule has 1 aliphatic heterocycles. The molecule has 0 spiro atoms. The van der Waals surface area contributed by atoms with Gasteiger partial charge in [-0.05, 0) is 18.1 Å². The first kappa shape index (κ1) is 24.4. The van der Waals surface area contributed by atoms with Crippen LogP contribution < -0.4 is 11.2 Å². The number of benzene rings is 1. The molecule has 0 aliphatic carbocycles. The minimum absolute atomic E-state index is 0.00531. The van der Waals surface area contributed by atoms with Gasteiger partial charge in [0.15, 0.2) is 0 Å². The Bertz CT molecular complexity index is 1590. The molecule has 4 heterocycles. The van der Waals surface area contributed by atoms with Crippen molar-refractivity contribution in [3.63, 3.8) is 0 Å². The van der Waals surface area contributed by atoms with E-state index in [2.05, 4.69) is 0 Å². The number of carbonyl (C=O) groups is 1. The Balaban J connectivity index is 1.79. The van der Waals surface area contributed by atoms with Gasteiger partial charge in [0.05, 0.1) is 35.1 Å². The van der Waals surface area contributed by atoms with E-state index in [1.807, 2.05) is 49.6 Å². The van der Waals surface area contributed by atoms with Crippen molar-refractivity contribution in [1.29, 1.82) is 0 Å². The van der Waals surface area contributed by atoms with Gasteiger partial charge in [0, 0.05) is 24.9 Å². The topological polar surface area (TPSA) is 112 Å². The van der Waals surface area contributed by atoms with Crippen LogP contribution >= 0.6 is 11.3 Å². The number of hydrogen-bond donors (Lipinski definition) is 1. The van der Waals surface area contributed by atoms with Crippen LogP contribution in [0.5, 0.6) is 0 Å². The maximum absolute atomic E-state index is 13.8. The van der Waals surface area contributed by atoms with Crippen LogP contribution in [0.3, 0.4) is 0 Å². The van der Waals surface area contributed by atoms with Crippen molar-refractivity contribution in [2.24, 2.45) is 13.0 Å². The number of para-hydroxylation sites is 2. The zero-order valence-electron chi connectivity index (χ0n) is 20.7. The number of hydrogen-bond acceptors (Lipinski definition) is 7. The number of rotatable bonds is 6. The monoisotopic (exact) mass is 511 g/mol. The van der Waals surface area contributed by atoms with E-state index >= 15 is 0 Å². The predicted octanol–water partition coefficient (Wildman–Crippen LogP) is 2.13. The number of carbonyl (C=O) groups excluding carboxylic acids is 1. The molecule has 5 rings (SSSR count). The lowest BCUT2D eigenvalue weighted by molar-refractivity contribution is -0.0778. The molecule has 0 bridgehead atoms. The molecule has 1 aliphatic rings. The Morgan fingerprint density at radius 1 is 1.25 bits per heavy atom. The number of imidazole rings is 1. The van der Waals surface area contributed by atoms with Crippen LogP contribution in [0.4, 0.5) is 0 Å². The van der Waals surface area contributed by atoms with Gasteiger partial charge >= 0.3 is 5.69 Å². The number of amides is 1. The highest BCUT2D eigenvalue weighted by atomic mass is 32.1. The van der Waals surface area contributed by atoms with Crippen LogP contribution in [0.2, 0.25) is 0 Å². The van der Waals surface area contributed by atoms with Crippen LogP contribution in [0.15, 0.2) is 33.9 Å². The molecule has 11 heteroatoms. The minimum Gasteiger partial charge on any atom is -0.389 e. The van der Waals surface area contributed by atoms with Gasteiger partial charge in [0.2, 0.25) is 0 Å². The van der Waals surface area contributed by atoms with Crippen molar-refractivity contribution in [1.82, 2.24) is 23.7 Å². The smallest absolute Gasteiger partial charge is 0.331 e. The molecule has 1 amide bonds. The lowest BCUT2D eigenvalue weighted by atomic mass is 10.1. The SMILES string of the molecule is CCc1nc2ccccc2n1Cc1sc2c(c1C(=O)N1CC(O)CO1)c(=O)n(C)c(=O)n2CC(C)C. The standard InChI is InChI=1S/C25H29N5O5S/c1-5-19-26-16-8-6-7-9-17(16)28(19)12-18-20(23(33)30-11-15(31)13-35-30)21-22(32)27(4)25(34)29(10-14(2)3)24(21)36-18/h6-9,14-15,31H,5,10-13H2,1-4H3. The summed E-state index contributed by atoms with van der Waals surface area (Å²) in [5.74, 6) is 0.504. The van der Waals surface area contributed by atoms with Gasteiger partial charge in [0.1, 0.15) is 23.4 Å². The zero-order valence-corrected chi connectivity index (χ0v) is 21.5. The van der Waals surface area contributed by atoms with Gasteiger partial charge < -0.3 is 9.67 Å². The van der Waals surface area contributed by atoms with Crippen LogP contribution in [0, 0.1) is 5.92 Å². The van der Waals surface area contributed by atoms with E-state index in [-0.39, 0.29) is 30.0 Å². The zero-order chi connectivity index (χ0) is 25.7. The fourth-order valence-corrected chi connectivity index (χ4v) is 5.97. The molecule has 3 aromatic heterocycles. The van der Waals surface area contributed by atoms with Crippen molar-refractivity contribution in [3.05, 3.63) is 61.4 Å². The molecule has 1 unspecified atom stereocenters. The molecule has 1 atom stereocenters. The summed E-state index contributed by atoms with van der Waals surface area (Å²) in [6.07, 6.45) is -0.113. The minimum atomic E-state index is -0.798. The van der Waals surface area contributed by atoms with Crippen molar-refractivity contribution in [2.75, 3.05) is 13.2 Å². The molecule has 0 saturated carbocycles. The van der Waals surface area contributed by atoms with Gasteiger partial charge in [0.25, 0.3) is 11.5 Å². The summed E-state index contributed by atoms with van der Waals surface area (Å²) in [5.41, 5.74) is 1.05. The molecule has 190 valence electrons. The van der Waals surface area contributed by atoms with E-state index < -0.39 is 23.3 Å². The molecule has 1 saturated heterocycles. The lowest BCUT2D eigenvalue weighted by Gasteiger charge is -2.16. The number of aliphatic hydroxyl groups is 1. The van der Waals surface area contributed by atoms with Gasteiger partial charge in [-0.25, -0.2) is 14.8 Å². The highest BCUT2D eigenvalue weighted by Crippen LogP contribution is 2.33. The Hall–Kier alpha value is -3.28. The largest absolute Gasteiger partial charge is 0.389 e. The van der Waals surface area contributed by atoms with Gasteiger partial charge in [-0.2, -0.15) is 0 Å². The van der Waals surface area contributed by atoms with E-state index in [4.69, 9.17) is 9.82 Å². The summed E-state index contributed by atoms with van der Waals surface area (Å²) >= 11 is 1.28. The summed E-state index contributed by atoms with van der Waals surface area (Å²) in [5, 5.41) is 11.3. The highest BCUT2D eigenvalue weighted by Gasteiger charge is 2.33. The third-order valence-corrected chi connectivity index (χ3v) is 7.58.